The van der Waals surface area contributed by atoms with Crippen LogP contribution in [0, 0.1) is 5.82 Å². The number of ketones is 1. The minimum absolute atomic E-state index is 0.113. The lowest BCUT2D eigenvalue weighted by atomic mass is 10.0. The van der Waals surface area contributed by atoms with Crippen molar-refractivity contribution < 1.29 is 27.2 Å². The second-order valence-electron chi connectivity index (χ2n) is 9.00. The maximum Gasteiger partial charge on any atom is 0.418 e. The third kappa shape index (κ3) is 4.76. The summed E-state index contributed by atoms with van der Waals surface area (Å²) in [6.45, 7) is 0. The third-order valence-electron chi connectivity index (χ3n) is 6.54. The number of aromatic nitrogens is 3. The summed E-state index contributed by atoms with van der Waals surface area (Å²) in [5.41, 5.74) is 4.96. The lowest BCUT2D eigenvalue weighted by Gasteiger charge is -2.15. The predicted molar refractivity (Wildman–Crippen MR) is 133 cm³/mol. The molecule has 38 heavy (non-hydrogen) atoms. The van der Waals surface area contributed by atoms with Crippen LogP contribution in [0.3, 0.4) is 0 Å². The molecular formula is C26H22F4N6O2. The summed E-state index contributed by atoms with van der Waals surface area (Å²) in [6.07, 6.45) is 2.24. The monoisotopic (exact) mass is 526 g/mol. The number of fused-ring (bicyclic) bond motifs is 1. The van der Waals surface area contributed by atoms with Crippen LogP contribution in [-0.4, -0.2) is 26.3 Å². The highest BCUT2D eigenvalue weighted by Gasteiger charge is 2.35. The van der Waals surface area contributed by atoms with Crippen LogP contribution in [0.5, 0.6) is 0 Å². The van der Waals surface area contributed by atoms with Gasteiger partial charge in [0.1, 0.15) is 23.6 Å². The maximum absolute atomic E-state index is 14.1. The summed E-state index contributed by atoms with van der Waals surface area (Å²) in [5.74, 6) is -1.47. The van der Waals surface area contributed by atoms with Crippen molar-refractivity contribution in [1.29, 1.82) is 0 Å². The Kier molecular flexibility index (Phi) is 6.47. The number of rotatable bonds is 5. The molecule has 1 fully saturated rings. The third-order valence-corrected chi connectivity index (χ3v) is 6.54. The largest absolute Gasteiger partial charge is 0.418 e. The van der Waals surface area contributed by atoms with Crippen molar-refractivity contribution in [3.63, 3.8) is 0 Å². The van der Waals surface area contributed by atoms with Gasteiger partial charge in [0.05, 0.1) is 22.2 Å². The van der Waals surface area contributed by atoms with Crippen LogP contribution in [0.2, 0.25) is 0 Å². The van der Waals surface area contributed by atoms with Crippen molar-refractivity contribution in [3.8, 4) is 0 Å². The van der Waals surface area contributed by atoms with E-state index in [9.17, 15) is 27.2 Å². The molecule has 0 unspecified atom stereocenters. The van der Waals surface area contributed by atoms with Gasteiger partial charge in [0.15, 0.2) is 5.78 Å². The number of nitrogens with two attached hydrogens (primary N) is 1. The number of benzene rings is 2. The first-order valence-electron chi connectivity index (χ1n) is 11.8. The number of halogens is 4. The Labute approximate surface area is 213 Å². The Bertz CT molecular complexity index is 1540. The summed E-state index contributed by atoms with van der Waals surface area (Å²) >= 11 is 0. The number of nitrogen functional groups attached to an aromatic ring is 1. The van der Waals surface area contributed by atoms with Crippen LogP contribution in [-0.2, 0) is 6.18 Å². The molecule has 0 saturated heterocycles. The molecule has 0 aliphatic heterocycles. The summed E-state index contributed by atoms with van der Waals surface area (Å²) in [4.78, 5) is 34.4. The van der Waals surface area contributed by atoms with Gasteiger partial charge in [-0.1, -0.05) is 31.0 Å². The number of para-hydroxylation sites is 1. The highest BCUT2D eigenvalue weighted by molar-refractivity contribution is 6.18. The number of carbonyl (C=O) groups is 2. The summed E-state index contributed by atoms with van der Waals surface area (Å²) in [5, 5.41) is 4.70. The van der Waals surface area contributed by atoms with E-state index in [4.69, 9.17) is 5.73 Å². The molecule has 5 rings (SSSR count). The van der Waals surface area contributed by atoms with E-state index in [2.05, 4.69) is 15.3 Å². The Hall–Kier alpha value is -4.48. The van der Waals surface area contributed by atoms with Crippen molar-refractivity contribution >= 4 is 40.0 Å². The summed E-state index contributed by atoms with van der Waals surface area (Å²) < 4.78 is 55.8. The van der Waals surface area contributed by atoms with E-state index < -0.39 is 35.1 Å². The molecule has 2 amide bonds. The Morgan fingerprint density at radius 1 is 1.03 bits per heavy atom. The number of hydrogen-bond donors (Lipinski definition) is 3. The molecule has 1 saturated carbocycles. The van der Waals surface area contributed by atoms with Crippen LogP contribution >= 0.6 is 0 Å². The average Bonchev–Trinajstić information content (AvgIpc) is 3.53. The second kappa shape index (κ2) is 9.77. The number of anilines is 3. The van der Waals surface area contributed by atoms with E-state index in [1.165, 1.54) is 30.6 Å². The first-order chi connectivity index (χ1) is 18.1. The highest BCUT2D eigenvalue weighted by Crippen LogP contribution is 2.37. The fourth-order valence-corrected chi connectivity index (χ4v) is 4.80. The number of nitrogens with one attached hydrogen (secondary N) is 2. The molecule has 1 aliphatic rings. The van der Waals surface area contributed by atoms with E-state index >= 15 is 0 Å². The normalized spacial score (nSPS) is 14.1. The van der Waals surface area contributed by atoms with Crippen LogP contribution in [0.15, 0.2) is 55.0 Å². The fraction of sp³-hybridized carbons (Fsp3) is 0.231. The SMILES string of the molecule is Nc1ncnc2c1c(C(=O)c1cccc(NC(=O)Nc3c(F)cccc3C(F)(F)F)c1)cn2C1CCCC1. The summed E-state index contributed by atoms with van der Waals surface area (Å²) in [6, 6.07) is 7.29. The number of urea groups is 1. The zero-order valence-electron chi connectivity index (χ0n) is 19.8. The molecule has 196 valence electrons. The highest BCUT2D eigenvalue weighted by atomic mass is 19.4. The minimum Gasteiger partial charge on any atom is -0.383 e. The summed E-state index contributed by atoms with van der Waals surface area (Å²) in [7, 11) is 0. The molecule has 2 heterocycles. The standard InChI is InChI=1S/C26H22F4N6O2/c27-19-10-4-9-18(26(28,29)30)21(19)35-25(38)34-15-6-3-5-14(11-15)22(37)17-12-36(16-7-1-2-8-16)24-20(17)23(31)32-13-33-24/h3-6,9-13,16H,1-2,7-8H2,(H2,31,32,33)(H2,34,35,38). The average molecular weight is 526 g/mol. The van der Waals surface area contributed by atoms with E-state index in [-0.39, 0.29) is 23.1 Å². The molecular weight excluding hydrogens is 504 g/mol. The molecule has 0 spiro atoms. The molecule has 8 nitrogen and oxygen atoms in total. The molecule has 0 bridgehead atoms. The molecule has 2 aromatic heterocycles. The Morgan fingerprint density at radius 2 is 1.76 bits per heavy atom. The van der Waals surface area contributed by atoms with E-state index in [1.807, 2.05) is 9.88 Å². The van der Waals surface area contributed by atoms with Gasteiger partial charge in [-0.25, -0.2) is 19.2 Å². The smallest absolute Gasteiger partial charge is 0.383 e. The molecule has 2 aromatic carbocycles. The number of amides is 2. The quantitative estimate of drug-likeness (QED) is 0.213. The predicted octanol–water partition coefficient (Wildman–Crippen LogP) is 6.16. The van der Waals surface area contributed by atoms with Crippen LogP contribution < -0.4 is 16.4 Å². The second-order valence-corrected chi connectivity index (χ2v) is 9.00. The Morgan fingerprint density at radius 3 is 2.50 bits per heavy atom. The molecule has 0 radical (unpaired) electrons. The number of hydrogen-bond acceptors (Lipinski definition) is 5. The van der Waals surface area contributed by atoms with Crippen molar-refractivity contribution in [2.45, 2.75) is 37.9 Å². The van der Waals surface area contributed by atoms with E-state index in [1.54, 1.807) is 6.20 Å². The minimum atomic E-state index is -4.87. The maximum atomic E-state index is 14.1. The number of nitrogens with zero attached hydrogens (tertiary/aromatic N) is 3. The van der Waals surface area contributed by atoms with Gasteiger partial charge >= 0.3 is 12.2 Å². The number of alkyl halides is 3. The van der Waals surface area contributed by atoms with E-state index in [0.29, 0.717) is 22.7 Å². The van der Waals surface area contributed by atoms with Crippen LogP contribution in [0.1, 0.15) is 53.2 Å². The molecule has 12 heteroatoms. The molecule has 4 aromatic rings. The molecule has 1 aliphatic carbocycles. The fourth-order valence-electron chi connectivity index (χ4n) is 4.80. The van der Waals surface area contributed by atoms with Crippen molar-refractivity contribution in [2.24, 2.45) is 0 Å². The van der Waals surface area contributed by atoms with Crippen molar-refractivity contribution in [3.05, 3.63) is 77.5 Å². The van der Waals surface area contributed by atoms with Crippen molar-refractivity contribution in [2.75, 3.05) is 16.4 Å². The first-order valence-corrected chi connectivity index (χ1v) is 11.8. The molecule has 4 N–H and O–H groups in total. The van der Waals surface area contributed by atoms with Crippen LogP contribution in [0.4, 0.5) is 39.5 Å². The van der Waals surface area contributed by atoms with Gasteiger partial charge in [-0.15, -0.1) is 0 Å². The van der Waals surface area contributed by atoms with Crippen LogP contribution in [0.25, 0.3) is 11.0 Å². The lowest BCUT2D eigenvalue weighted by Crippen LogP contribution is -2.23. The topological polar surface area (TPSA) is 115 Å². The van der Waals surface area contributed by atoms with Gasteiger partial charge in [-0.05, 0) is 37.1 Å². The zero-order valence-corrected chi connectivity index (χ0v) is 19.8. The Balaban J connectivity index is 1.42. The molecule has 0 atom stereocenters. The van der Waals surface area contributed by atoms with Gasteiger partial charge in [0.25, 0.3) is 0 Å². The van der Waals surface area contributed by atoms with Gasteiger partial charge in [0.2, 0.25) is 0 Å². The van der Waals surface area contributed by atoms with Crippen molar-refractivity contribution in [1.82, 2.24) is 14.5 Å². The van der Waals surface area contributed by atoms with Gasteiger partial charge in [-0.3, -0.25) is 4.79 Å². The van der Waals surface area contributed by atoms with Gasteiger partial charge in [0, 0.05) is 23.5 Å². The number of carbonyl (C=O) groups excluding carboxylic acids is 2. The lowest BCUT2D eigenvalue weighted by molar-refractivity contribution is -0.137. The van der Waals surface area contributed by atoms with E-state index in [0.717, 1.165) is 37.8 Å². The first kappa shape index (κ1) is 25.2. The van der Waals surface area contributed by atoms with Gasteiger partial charge < -0.3 is 20.9 Å². The van der Waals surface area contributed by atoms with Gasteiger partial charge in [-0.2, -0.15) is 13.2 Å². The zero-order chi connectivity index (χ0) is 27.0.